The van der Waals surface area contributed by atoms with E-state index in [4.69, 9.17) is 14.2 Å². The lowest BCUT2D eigenvalue weighted by atomic mass is 9.98. The Morgan fingerprint density at radius 3 is 2.32 bits per heavy atom. The number of methoxy groups -OCH3 is 2. The Hall–Kier alpha value is -3.47. The standard InChI is InChI=1S/C23H22O5/c1-26-21-12-11-18(28-15-16-7-4-3-5-8-16)13-17(21)14-20-19(23(24)25)9-6-10-22(20)27-2/h3-13H,14-15H2,1-2H3,(H,24,25). The highest BCUT2D eigenvalue weighted by molar-refractivity contribution is 5.90. The summed E-state index contributed by atoms with van der Waals surface area (Å²) in [5.74, 6) is 0.877. The molecule has 0 atom stereocenters. The van der Waals surface area contributed by atoms with Crippen LogP contribution < -0.4 is 14.2 Å². The van der Waals surface area contributed by atoms with Crippen LogP contribution in [0.1, 0.15) is 27.0 Å². The van der Waals surface area contributed by atoms with Gasteiger partial charge in [-0.3, -0.25) is 0 Å². The van der Waals surface area contributed by atoms with E-state index in [9.17, 15) is 9.90 Å². The van der Waals surface area contributed by atoms with Gasteiger partial charge in [0.15, 0.2) is 0 Å². The Morgan fingerprint density at radius 2 is 1.64 bits per heavy atom. The average Bonchev–Trinajstić information content (AvgIpc) is 2.73. The molecule has 0 fully saturated rings. The number of hydrogen-bond donors (Lipinski definition) is 1. The van der Waals surface area contributed by atoms with E-state index >= 15 is 0 Å². The number of benzene rings is 3. The van der Waals surface area contributed by atoms with Crippen molar-refractivity contribution in [2.24, 2.45) is 0 Å². The third kappa shape index (κ3) is 4.43. The van der Waals surface area contributed by atoms with E-state index in [1.165, 1.54) is 7.11 Å². The highest BCUT2D eigenvalue weighted by Crippen LogP contribution is 2.31. The maximum atomic E-state index is 11.6. The van der Waals surface area contributed by atoms with Crippen molar-refractivity contribution in [3.05, 3.63) is 89.0 Å². The lowest BCUT2D eigenvalue weighted by molar-refractivity contribution is 0.0695. The molecule has 3 aromatic carbocycles. The predicted molar refractivity (Wildman–Crippen MR) is 107 cm³/mol. The Bertz CT molecular complexity index is 950. The molecule has 0 saturated carbocycles. The van der Waals surface area contributed by atoms with Crippen LogP contribution in [0.25, 0.3) is 0 Å². The monoisotopic (exact) mass is 378 g/mol. The van der Waals surface area contributed by atoms with Crippen molar-refractivity contribution in [3.63, 3.8) is 0 Å². The van der Waals surface area contributed by atoms with Crippen molar-refractivity contribution in [1.29, 1.82) is 0 Å². The molecule has 28 heavy (non-hydrogen) atoms. The maximum absolute atomic E-state index is 11.6. The van der Waals surface area contributed by atoms with Crippen LogP contribution in [-0.4, -0.2) is 25.3 Å². The van der Waals surface area contributed by atoms with E-state index in [1.54, 1.807) is 25.3 Å². The fraction of sp³-hybridized carbons (Fsp3) is 0.174. The summed E-state index contributed by atoms with van der Waals surface area (Å²) < 4.78 is 16.7. The molecule has 5 heteroatoms. The van der Waals surface area contributed by atoms with Crippen LogP contribution in [0.2, 0.25) is 0 Å². The minimum Gasteiger partial charge on any atom is -0.496 e. The number of carbonyl (C=O) groups is 1. The number of rotatable bonds is 8. The Balaban J connectivity index is 1.90. The van der Waals surface area contributed by atoms with Gasteiger partial charge < -0.3 is 19.3 Å². The van der Waals surface area contributed by atoms with Gasteiger partial charge in [-0.25, -0.2) is 4.79 Å². The molecular formula is C23H22O5. The van der Waals surface area contributed by atoms with Crippen LogP contribution in [0.3, 0.4) is 0 Å². The molecule has 0 aliphatic rings. The predicted octanol–water partition coefficient (Wildman–Crippen LogP) is 4.57. The van der Waals surface area contributed by atoms with E-state index in [-0.39, 0.29) is 5.56 Å². The molecule has 0 amide bonds. The molecule has 0 radical (unpaired) electrons. The summed E-state index contributed by atoms with van der Waals surface area (Å²) in [5, 5.41) is 9.54. The topological polar surface area (TPSA) is 65.0 Å². The van der Waals surface area contributed by atoms with Crippen molar-refractivity contribution < 1.29 is 24.1 Å². The Labute approximate surface area is 164 Å². The molecule has 3 aromatic rings. The summed E-state index contributed by atoms with van der Waals surface area (Å²) in [6, 6.07) is 20.4. The number of ether oxygens (including phenoxy) is 3. The zero-order valence-electron chi connectivity index (χ0n) is 15.8. The average molecular weight is 378 g/mol. The first-order valence-electron chi connectivity index (χ1n) is 8.85. The lowest BCUT2D eigenvalue weighted by Gasteiger charge is -2.15. The van der Waals surface area contributed by atoms with E-state index in [1.807, 2.05) is 48.5 Å². The van der Waals surface area contributed by atoms with Gasteiger partial charge in [-0.05, 0) is 35.9 Å². The molecule has 0 saturated heterocycles. The van der Waals surface area contributed by atoms with E-state index in [0.29, 0.717) is 35.8 Å². The van der Waals surface area contributed by atoms with Crippen molar-refractivity contribution in [2.45, 2.75) is 13.0 Å². The van der Waals surface area contributed by atoms with Gasteiger partial charge in [0.25, 0.3) is 0 Å². The fourth-order valence-electron chi connectivity index (χ4n) is 3.05. The molecule has 0 aliphatic heterocycles. The minimum atomic E-state index is -0.996. The molecule has 1 N–H and O–H groups in total. The third-order valence-electron chi connectivity index (χ3n) is 4.45. The molecule has 0 bridgehead atoms. The molecule has 0 unspecified atom stereocenters. The number of carboxylic acid groups (broad SMARTS) is 1. The van der Waals surface area contributed by atoms with Gasteiger partial charge in [0.05, 0.1) is 19.8 Å². The second-order valence-corrected chi connectivity index (χ2v) is 6.22. The zero-order chi connectivity index (χ0) is 19.9. The molecule has 3 rings (SSSR count). The van der Waals surface area contributed by atoms with Crippen molar-refractivity contribution >= 4 is 5.97 Å². The summed E-state index contributed by atoms with van der Waals surface area (Å²) in [5.41, 5.74) is 2.69. The first kappa shape index (κ1) is 19.3. The number of aromatic carboxylic acids is 1. The van der Waals surface area contributed by atoms with Crippen LogP contribution in [0.15, 0.2) is 66.7 Å². The Kier molecular flexibility index (Phi) is 6.17. The second kappa shape index (κ2) is 8.95. The fourth-order valence-corrected chi connectivity index (χ4v) is 3.05. The largest absolute Gasteiger partial charge is 0.496 e. The van der Waals surface area contributed by atoms with Crippen LogP contribution in [0, 0.1) is 0 Å². The molecule has 0 spiro atoms. The second-order valence-electron chi connectivity index (χ2n) is 6.22. The van der Waals surface area contributed by atoms with Crippen LogP contribution in [-0.2, 0) is 13.0 Å². The van der Waals surface area contributed by atoms with Crippen LogP contribution in [0.4, 0.5) is 0 Å². The summed E-state index contributed by atoms with van der Waals surface area (Å²) in [4.78, 5) is 11.6. The summed E-state index contributed by atoms with van der Waals surface area (Å²) >= 11 is 0. The quantitative estimate of drug-likeness (QED) is 0.622. The van der Waals surface area contributed by atoms with Gasteiger partial charge in [-0.2, -0.15) is 0 Å². The Morgan fingerprint density at radius 1 is 0.893 bits per heavy atom. The number of carboxylic acids is 1. The van der Waals surface area contributed by atoms with Gasteiger partial charge in [-0.1, -0.05) is 36.4 Å². The minimum absolute atomic E-state index is 0.206. The molecule has 0 aliphatic carbocycles. The van der Waals surface area contributed by atoms with Crippen molar-refractivity contribution in [2.75, 3.05) is 14.2 Å². The SMILES string of the molecule is COc1ccc(OCc2ccccc2)cc1Cc1c(OC)cccc1C(=O)O. The van der Waals surface area contributed by atoms with Gasteiger partial charge in [0, 0.05) is 17.5 Å². The summed E-state index contributed by atoms with van der Waals surface area (Å²) in [7, 11) is 3.12. The van der Waals surface area contributed by atoms with Gasteiger partial charge in [0.1, 0.15) is 23.9 Å². The van der Waals surface area contributed by atoms with Crippen molar-refractivity contribution in [3.8, 4) is 17.2 Å². The van der Waals surface area contributed by atoms with E-state index in [2.05, 4.69) is 0 Å². The first-order valence-corrected chi connectivity index (χ1v) is 8.85. The summed E-state index contributed by atoms with van der Waals surface area (Å²) in [6.45, 7) is 0.446. The van der Waals surface area contributed by atoms with Crippen LogP contribution >= 0.6 is 0 Å². The molecular weight excluding hydrogens is 356 g/mol. The third-order valence-corrected chi connectivity index (χ3v) is 4.45. The molecule has 5 nitrogen and oxygen atoms in total. The van der Waals surface area contributed by atoms with Crippen molar-refractivity contribution in [1.82, 2.24) is 0 Å². The lowest BCUT2D eigenvalue weighted by Crippen LogP contribution is -2.06. The smallest absolute Gasteiger partial charge is 0.336 e. The molecule has 0 heterocycles. The normalized spacial score (nSPS) is 10.4. The first-order chi connectivity index (χ1) is 13.6. The highest BCUT2D eigenvalue weighted by atomic mass is 16.5. The molecule has 144 valence electrons. The number of hydrogen-bond acceptors (Lipinski definition) is 4. The van der Waals surface area contributed by atoms with Crippen LogP contribution in [0.5, 0.6) is 17.2 Å². The van der Waals surface area contributed by atoms with Gasteiger partial charge in [0.2, 0.25) is 0 Å². The summed E-state index contributed by atoms with van der Waals surface area (Å²) in [6.07, 6.45) is 0.345. The van der Waals surface area contributed by atoms with E-state index in [0.717, 1.165) is 11.1 Å². The maximum Gasteiger partial charge on any atom is 0.336 e. The highest BCUT2D eigenvalue weighted by Gasteiger charge is 2.17. The van der Waals surface area contributed by atoms with Gasteiger partial charge >= 0.3 is 5.97 Å². The zero-order valence-corrected chi connectivity index (χ0v) is 15.8. The van der Waals surface area contributed by atoms with Gasteiger partial charge in [-0.15, -0.1) is 0 Å². The van der Waals surface area contributed by atoms with E-state index < -0.39 is 5.97 Å². The molecule has 0 aromatic heterocycles.